The number of carbonyl (C=O) groups excluding carboxylic acids is 16. The van der Waals surface area contributed by atoms with Gasteiger partial charge in [-0.1, -0.05) is 97.1 Å². The number of rotatable bonds is 32. The minimum absolute atomic E-state index is 0.353. The van der Waals surface area contributed by atoms with Crippen molar-refractivity contribution in [3.63, 3.8) is 0 Å². The van der Waals surface area contributed by atoms with E-state index in [4.69, 9.17) is 75.8 Å². The molecule has 0 saturated carbocycles. The highest BCUT2D eigenvalue weighted by molar-refractivity contribution is 6.09. The van der Waals surface area contributed by atoms with E-state index in [1.54, 1.807) is 0 Å². The summed E-state index contributed by atoms with van der Waals surface area (Å²) >= 11 is 0. The fourth-order valence-electron chi connectivity index (χ4n) is 11.2. The molecule has 32 heteroatoms. The Balaban J connectivity index is 1.57. The molecule has 0 aromatic heterocycles. The summed E-state index contributed by atoms with van der Waals surface area (Å²) < 4.78 is 90.1. The maximum atomic E-state index is 16.0. The molecular formula is C81H68O32. The molecule has 0 bridgehead atoms. The fourth-order valence-corrected chi connectivity index (χ4v) is 11.2. The van der Waals surface area contributed by atoms with Crippen molar-refractivity contribution >= 4 is 95.5 Å². The molecule has 0 aliphatic rings. The van der Waals surface area contributed by atoms with Crippen LogP contribution >= 0.6 is 0 Å². The maximum Gasteiger partial charge on any atom is 0.339 e. The quantitative estimate of drug-likeness (QED) is 0.0281. The molecule has 8 rings (SSSR count). The molecule has 0 fully saturated rings. The minimum Gasteiger partial charge on any atom is -0.465 e. The smallest absolute Gasteiger partial charge is 0.339 e. The van der Waals surface area contributed by atoms with Crippen LogP contribution in [0, 0.1) is 0 Å². The van der Waals surface area contributed by atoms with Crippen molar-refractivity contribution in [2.24, 2.45) is 0 Å². The highest BCUT2D eigenvalue weighted by Crippen LogP contribution is 2.34. The summed E-state index contributed by atoms with van der Waals surface area (Å²) in [6, 6.07) is 37.1. The molecule has 6 atom stereocenters. The average molecular weight is 1550 g/mol. The van der Waals surface area contributed by atoms with Crippen LogP contribution in [0.5, 0.6) is 0 Å². The predicted molar refractivity (Wildman–Crippen MR) is 383 cm³/mol. The maximum absolute atomic E-state index is 16.0. The van der Waals surface area contributed by atoms with Crippen LogP contribution in [-0.2, 0) is 75.8 Å². The second kappa shape index (κ2) is 39.9. The van der Waals surface area contributed by atoms with E-state index in [0.717, 1.165) is 148 Å². The molecule has 8 aromatic rings. The SMILES string of the molecule is COC(=O)c1ccccc1C(=O)OCCC(OC(=O)c1ccccc1C(=O)OC)C(OC(=O)c1ccccc1C(=O)OC)C(OC(=O)c1ccccc1C(=O)OC)C(OC(=O)c1ccccc1C(=O)OC)C(OC(=O)c1ccccc1C(=O)OC)C(COC(=O)c1ccccc1C(=O)OC)OC(=O)c1ccccc1C(=O)OC. The van der Waals surface area contributed by atoms with Crippen molar-refractivity contribution in [1.82, 2.24) is 0 Å². The number of carbonyl (C=O) groups is 16. The third-order valence-corrected chi connectivity index (χ3v) is 16.6. The third-order valence-electron chi connectivity index (χ3n) is 16.6. The highest BCUT2D eigenvalue weighted by Gasteiger charge is 2.53. The Hall–Kier alpha value is -14.7. The van der Waals surface area contributed by atoms with Crippen molar-refractivity contribution in [3.05, 3.63) is 283 Å². The minimum atomic E-state index is -3.17. The molecule has 0 radical (unpaired) electrons. The van der Waals surface area contributed by atoms with Crippen molar-refractivity contribution in [3.8, 4) is 0 Å². The zero-order valence-electron chi connectivity index (χ0n) is 61.1. The molecule has 0 amide bonds. The topological polar surface area (TPSA) is 421 Å². The molecule has 32 nitrogen and oxygen atoms in total. The first-order chi connectivity index (χ1) is 54.4. The number of methoxy groups -OCH3 is 8. The first-order valence-corrected chi connectivity index (χ1v) is 33.4. The van der Waals surface area contributed by atoms with Crippen molar-refractivity contribution in [2.75, 3.05) is 70.1 Å². The van der Waals surface area contributed by atoms with E-state index in [1.807, 2.05) is 0 Å². The van der Waals surface area contributed by atoms with E-state index in [0.29, 0.717) is 0 Å². The molecule has 0 aliphatic carbocycles. The van der Waals surface area contributed by atoms with Crippen LogP contribution in [0.25, 0.3) is 0 Å². The molecule has 8 aromatic carbocycles. The first kappa shape index (κ1) is 83.9. The van der Waals surface area contributed by atoms with E-state index in [2.05, 4.69) is 0 Å². The number of benzene rings is 8. The van der Waals surface area contributed by atoms with Gasteiger partial charge in [-0.3, -0.25) is 0 Å². The first-order valence-electron chi connectivity index (χ1n) is 33.4. The van der Waals surface area contributed by atoms with Crippen molar-refractivity contribution < 1.29 is 153 Å². The summed E-state index contributed by atoms with van der Waals surface area (Å²) in [5.74, 6) is -22.6. The van der Waals surface area contributed by atoms with Gasteiger partial charge in [-0.2, -0.15) is 0 Å². The molecule has 113 heavy (non-hydrogen) atoms. The van der Waals surface area contributed by atoms with Gasteiger partial charge in [0.15, 0.2) is 30.5 Å². The van der Waals surface area contributed by atoms with Crippen molar-refractivity contribution in [1.29, 1.82) is 0 Å². The number of hydrogen-bond acceptors (Lipinski definition) is 32. The fraction of sp³-hybridized carbons (Fsp3) is 0.210. The number of hydrogen-bond donors (Lipinski definition) is 0. The zero-order chi connectivity index (χ0) is 82.0. The van der Waals surface area contributed by atoms with E-state index in [1.165, 1.54) is 103 Å². The third kappa shape index (κ3) is 20.4. The van der Waals surface area contributed by atoms with Gasteiger partial charge in [0.1, 0.15) is 12.7 Å². The summed E-state index contributed by atoms with van der Waals surface area (Å²) in [4.78, 5) is 233. The summed E-state index contributed by atoms with van der Waals surface area (Å²) in [5, 5.41) is 0. The summed E-state index contributed by atoms with van der Waals surface area (Å²) in [6.07, 6.45) is -18.8. The molecule has 584 valence electrons. The average Bonchev–Trinajstić information content (AvgIpc) is 0.773. The zero-order valence-corrected chi connectivity index (χ0v) is 61.1. The normalized spacial score (nSPS) is 12.2. The van der Waals surface area contributed by atoms with Gasteiger partial charge in [0, 0.05) is 6.42 Å². The Kier molecular flexibility index (Phi) is 29.7. The van der Waals surface area contributed by atoms with E-state index in [9.17, 15) is 47.9 Å². The van der Waals surface area contributed by atoms with Gasteiger partial charge in [-0.05, 0) is 97.1 Å². The van der Waals surface area contributed by atoms with Crippen LogP contribution in [0.3, 0.4) is 0 Å². The van der Waals surface area contributed by atoms with Gasteiger partial charge in [0.2, 0.25) is 0 Å². The number of esters is 16. The Bertz CT molecular complexity index is 4980. The van der Waals surface area contributed by atoms with Crippen LogP contribution in [-0.4, -0.2) is 202 Å². The van der Waals surface area contributed by atoms with Gasteiger partial charge in [-0.15, -0.1) is 0 Å². The molecule has 0 heterocycles. The molecule has 6 unspecified atom stereocenters. The molecular weight excluding hydrogens is 1480 g/mol. The second-order valence-corrected chi connectivity index (χ2v) is 23.2. The summed E-state index contributed by atoms with van der Waals surface area (Å²) in [7, 11) is 7.55. The molecule has 0 spiro atoms. The van der Waals surface area contributed by atoms with Crippen LogP contribution in [0.4, 0.5) is 0 Å². The standard InChI is InChI=1S/C81H68O32/c1-98-66(82)44-25-9-17-33-52(44)74(90)106-42-41-60(108-76(92)54-35-19-11-27-46(54)68(84)100-3)62(110-78(94)56-37-21-13-29-48(56)70(86)102-5)64(112-80(96)58-39-23-15-31-50(58)72(88)104-7)65(113-81(97)59-40-24-16-32-51(59)73(89)105-8)63(111-79(95)57-38-22-14-30-49(57)71(87)103-6)61(109-77(93)55-36-20-12-28-47(55)69(85)101-4)43-107-75(91)53-34-18-10-26-45(53)67(83)99-2/h9-40,60-65H,41-43H2,1-8H3. The van der Waals surface area contributed by atoms with Gasteiger partial charge in [0.05, 0.1) is 153 Å². The highest BCUT2D eigenvalue weighted by atomic mass is 16.7. The lowest BCUT2D eigenvalue weighted by molar-refractivity contribution is -0.167. The Morgan fingerprint density at radius 3 is 0.566 bits per heavy atom. The Labute approximate surface area is 641 Å². The summed E-state index contributed by atoms with van der Waals surface area (Å²) in [5.41, 5.74) is -9.85. The second-order valence-electron chi connectivity index (χ2n) is 23.2. The largest absolute Gasteiger partial charge is 0.465 e. The lowest BCUT2D eigenvalue weighted by atomic mass is 9.93. The van der Waals surface area contributed by atoms with Crippen LogP contribution < -0.4 is 0 Å². The molecule has 0 aliphatic heterocycles. The summed E-state index contributed by atoms with van der Waals surface area (Å²) in [6.45, 7) is -2.68. The van der Waals surface area contributed by atoms with Gasteiger partial charge >= 0.3 is 95.5 Å². The van der Waals surface area contributed by atoms with Crippen LogP contribution in [0.2, 0.25) is 0 Å². The lowest BCUT2D eigenvalue weighted by Crippen LogP contribution is -2.60. The lowest BCUT2D eigenvalue weighted by Gasteiger charge is -2.40. The van der Waals surface area contributed by atoms with Gasteiger partial charge < -0.3 is 75.8 Å². The van der Waals surface area contributed by atoms with E-state index >= 15 is 28.8 Å². The van der Waals surface area contributed by atoms with E-state index in [-0.39, 0.29) is 5.56 Å². The van der Waals surface area contributed by atoms with Crippen molar-refractivity contribution in [2.45, 2.75) is 43.0 Å². The molecule has 0 N–H and O–H groups in total. The van der Waals surface area contributed by atoms with Gasteiger partial charge in [-0.25, -0.2) is 76.7 Å². The van der Waals surface area contributed by atoms with Gasteiger partial charge in [0.25, 0.3) is 0 Å². The van der Waals surface area contributed by atoms with Crippen LogP contribution in [0.15, 0.2) is 194 Å². The Morgan fingerprint density at radius 2 is 0.354 bits per heavy atom. The monoisotopic (exact) mass is 1550 g/mol. The van der Waals surface area contributed by atoms with Crippen LogP contribution in [0.1, 0.15) is 172 Å². The Morgan fingerprint density at radius 1 is 0.195 bits per heavy atom. The molecule has 0 saturated heterocycles. The van der Waals surface area contributed by atoms with E-state index < -0.39 is 235 Å². The predicted octanol–water partition coefficient (Wildman–Crippen LogP) is 8.74. The number of ether oxygens (including phenoxy) is 16.